The van der Waals surface area contributed by atoms with E-state index in [1.165, 1.54) is 0 Å². The summed E-state index contributed by atoms with van der Waals surface area (Å²) in [7, 11) is 1.56. The average molecular weight is 399 g/mol. The molecule has 0 saturated heterocycles. The number of anilines is 1. The molecule has 0 radical (unpaired) electrons. The van der Waals surface area contributed by atoms with Gasteiger partial charge in [-0.3, -0.25) is 9.59 Å². The minimum atomic E-state index is -0.903. The first-order chi connectivity index (χ1) is 13.5. The molecular formula is C19H17N3O5S. The number of rotatable bonds is 8. The van der Waals surface area contributed by atoms with E-state index in [0.29, 0.717) is 28.5 Å². The molecule has 3 aromatic rings. The van der Waals surface area contributed by atoms with Crippen LogP contribution in [-0.2, 0) is 16.0 Å². The number of nitrogens with one attached hydrogen (secondary N) is 1. The number of amides is 1. The molecular weight excluding hydrogens is 382 g/mol. The van der Waals surface area contributed by atoms with Gasteiger partial charge in [0.15, 0.2) is 0 Å². The van der Waals surface area contributed by atoms with Crippen LogP contribution in [0.5, 0.6) is 5.75 Å². The summed E-state index contributed by atoms with van der Waals surface area (Å²) < 4.78 is 10.9. The molecule has 0 aliphatic rings. The molecule has 0 spiro atoms. The molecule has 0 unspecified atom stereocenters. The van der Waals surface area contributed by atoms with Crippen LogP contribution in [0.1, 0.15) is 5.56 Å². The molecule has 28 heavy (non-hydrogen) atoms. The van der Waals surface area contributed by atoms with Crippen molar-refractivity contribution in [3.8, 4) is 17.2 Å². The number of carboxylic acid groups (broad SMARTS) is 1. The summed E-state index contributed by atoms with van der Waals surface area (Å²) in [5, 5.41) is 19.7. The zero-order valence-electron chi connectivity index (χ0n) is 14.9. The number of aliphatic carboxylic acids is 1. The molecule has 0 atom stereocenters. The Labute approximate surface area is 164 Å². The Hall–Kier alpha value is -3.33. The van der Waals surface area contributed by atoms with Crippen molar-refractivity contribution < 1.29 is 23.8 Å². The number of thioether (sulfide) groups is 1. The number of carboxylic acids is 1. The number of aromatic nitrogens is 2. The third kappa shape index (κ3) is 5.10. The van der Waals surface area contributed by atoms with Gasteiger partial charge in [0, 0.05) is 5.69 Å². The van der Waals surface area contributed by atoms with E-state index in [1.807, 2.05) is 18.2 Å². The number of benzene rings is 2. The van der Waals surface area contributed by atoms with Gasteiger partial charge in [0.1, 0.15) is 5.75 Å². The van der Waals surface area contributed by atoms with E-state index >= 15 is 0 Å². The highest BCUT2D eigenvalue weighted by atomic mass is 32.2. The van der Waals surface area contributed by atoms with Crippen molar-refractivity contribution in [1.29, 1.82) is 0 Å². The summed E-state index contributed by atoms with van der Waals surface area (Å²) >= 11 is 1.12. The van der Waals surface area contributed by atoms with Crippen molar-refractivity contribution in [1.82, 2.24) is 10.2 Å². The minimum Gasteiger partial charge on any atom is -0.496 e. The molecule has 1 amide bonds. The van der Waals surface area contributed by atoms with Gasteiger partial charge in [0.05, 0.1) is 24.8 Å². The normalized spacial score (nSPS) is 10.5. The van der Waals surface area contributed by atoms with Crippen LogP contribution in [0, 0.1) is 0 Å². The lowest BCUT2D eigenvalue weighted by molar-refractivity contribution is -0.136. The molecule has 0 fully saturated rings. The van der Waals surface area contributed by atoms with Gasteiger partial charge >= 0.3 is 5.97 Å². The lowest BCUT2D eigenvalue weighted by Gasteiger charge is -2.05. The molecule has 9 heteroatoms. The van der Waals surface area contributed by atoms with Crippen molar-refractivity contribution in [2.75, 3.05) is 18.2 Å². The van der Waals surface area contributed by atoms with Gasteiger partial charge in [-0.1, -0.05) is 36.0 Å². The molecule has 0 saturated carbocycles. The Kier molecular flexibility index (Phi) is 6.28. The van der Waals surface area contributed by atoms with E-state index in [1.54, 1.807) is 37.4 Å². The first kappa shape index (κ1) is 19.4. The largest absolute Gasteiger partial charge is 0.496 e. The Bertz CT molecular complexity index is 972. The zero-order valence-corrected chi connectivity index (χ0v) is 15.7. The highest BCUT2D eigenvalue weighted by Crippen LogP contribution is 2.30. The summed E-state index contributed by atoms with van der Waals surface area (Å²) in [5.74, 6) is -0.126. The standard InChI is InChI=1S/C19H17N3O5S/c1-26-15-5-3-2-4-14(15)18-21-22-19(27-18)28-11-16(23)20-13-8-6-12(7-9-13)10-17(24)25/h2-9H,10-11H2,1H3,(H,20,23)(H,24,25). The van der Waals surface area contributed by atoms with Gasteiger partial charge < -0.3 is 19.6 Å². The lowest BCUT2D eigenvalue weighted by atomic mass is 10.1. The van der Waals surface area contributed by atoms with Crippen LogP contribution in [0.4, 0.5) is 5.69 Å². The van der Waals surface area contributed by atoms with Crippen molar-refractivity contribution in [2.45, 2.75) is 11.6 Å². The van der Waals surface area contributed by atoms with Gasteiger partial charge in [-0.25, -0.2) is 0 Å². The molecule has 1 heterocycles. The molecule has 0 aliphatic carbocycles. The topological polar surface area (TPSA) is 115 Å². The van der Waals surface area contributed by atoms with Crippen LogP contribution in [0.15, 0.2) is 58.2 Å². The van der Waals surface area contributed by atoms with Gasteiger partial charge in [-0.05, 0) is 29.8 Å². The average Bonchev–Trinajstić information content (AvgIpc) is 3.16. The lowest BCUT2D eigenvalue weighted by Crippen LogP contribution is -2.14. The van der Waals surface area contributed by atoms with Gasteiger partial charge in [-0.2, -0.15) is 0 Å². The van der Waals surface area contributed by atoms with Gasteiger partial charge in [0.2, 0.25) is 5.91 Å². The Morgan fingerprint density at radius 2 is 1.89 bits per heavy atom. The van der Waals surface area contributed by atoms with Gasteiger partial charge in [0.25, 0.3) is 11.1 Å². The predicted octanol–water partition coefficient (Wildman–Crippen LogP) is 3.10. The third-order valence-corrected chi connectivity index (χ3v) is 4.48. The second kappa shape index (κ2) is 9.05. The van der Waals surface area contributed by atoms with Crippen LogP contribution in [0.3, 0.4) is 0 Å². The minimum absolute atomic E-state index is 0.0597. The maximum Gasteiger partial charge on any atom is 0.307 e. The summed E-state index contributed by atoms with van der Waals surface area (Å²) in [4.78, 5) is 22.8. The second-order valence-electron chi connectivity index (χ2n) is 5.68. The van der Waals surface area contributed by atoms with Crippen molar-refractivity contribution in [2.24, 2.45) is 0 Å². The smallest absolute Gasteiger partial charge is 0.307 e. The molecule has 144 valence electrons. The summed E-state index contributed by atoms with van der Waals surface area (Å²) in [6, 6.07) is 13.9. The summed E-state index contributed by atoms with van der Waals surface area (Å²) in [6.07, 6.45) is -0.0597. The van der Waals surface area contributed by atoms with Crippen LogP contribution < -0.4 is 10.1 Å². The highest BCUT2D eigenvalue weighted by Gasteiger charge is 2.14. The van der Waals surface area contributed by atoms with E-state index in [2.05, 4.69) is 15.5 Å². The Morgan fingerprint density at radius 3 is 2.61 bits per heavy atom. The molecule has 2 aromatic carbocycles. The van der Waals surface area contributed by atoms with Crippen LogP contribution in [0.25, 0.3) is 11.5 Å². The SMILES string of the molecule is COc1ccccc1-c1nnc(SCC(=O)Nc2ccc(CC(=O)O)cc2)o1. The predicted molar refractivity (Wildman–Crippen MR) is 103 cm³/mol. The first-order valence-corrected chi connectivity index (χ1v) is 9.24. The number of hydrogen-bond acceptors (Lipinski definition) is 7. The fourth-order valence-electron chi connectivity index (χ4n) is 2.40. The van der Waals surface area contributed by atoms with Crippen LogP contribution >= 0.6 is 11.8 Å². The summed E-state index contributed by atoms with van der Waals surface area (Å²) in [5.41, 5.74) is 1.92. The zero-order chi connectivity index (χ0) is 19.9. The van der Waals surface area contributed by atoms with Crippen LogP contribution in [0.2, 0.25) is 0 Å². The number of carbonyl (C=O) groups excluding carboxylic acids is 1. The molecule has 1 aromatic heterocycles. The first-order valence-electron chi connectivity index (χ1n) is 8.25. The third-order valence-electron chi connectivity index (χ3n) is 3.66. The number of methoxy groups -OCH3 is 1. The number of carbonyl (C=O) groups is 2. The molecule has 8 nitrogen and oxygen atoms in total. The van der Waals surface area contributed by atoms with Crippen LogP contribution in [-0.4, -0.2) is 40.0 Å². The van der Waals surface area contributed by atoms with Crippen molar-refractivity contribution in [3.05, 3.63) is 54.1 Å². The number of hydrogen-bond donors (Lipinski definition) is 2. The van der Waals surface area contributed by atoms with Gasteiger partial charge in [-0.15, -0.1) is 10.2 Å². The van der Waals surface area contributed by atoms with E-state index in [4.69, 9.17) is 14.3 Å². The molecule has 0 bridgehead atoms. The number of nitrogens with zero attached hydrogens (tertiary/aromatic N) is 2. The summed E-state index contributed by atoms with van der Waals surface area (Å²) in [6.45, 7) is 0. The highest BCUT2D eigenvalue weighted by molar-refractivity contribution is 7.99. The van der Waals surface area contributed by atoms with Crippen molar-refractivity contribution >= 4 is 29.3 Å². The van der Waals surface area contributed by atoms with Crippen molar-refractivity contribution in [3.63, 3.8) is 0 Å². The van der Waals surface area contributed by atoms with E-state index in [-0.39, 0.29) is 23.3 Å². The fraction of sp³-hybridized carbons (Fsp3) is 0.158. The number of ether oxygens (including phenoxy) is 1. The fourth-order valence-corrected chi connectivity index (χ4v) is 2.97. The quantitative estimate of drug-likeness (QED) is 0.555. The number of para-hydroxylation sites is 1. The van der Waals surface area contributed by atoms with E-state index in [9.17, 15) is 9.59 Å². The van der Waals surface area contributed by atoms with E-state index in [0.717, 1.165) is 11.8 Å². The Balaban J connectivity index is 1.55. The Morgan fingerprint density at radius 1 is 1.14 bits per heavy atom. The molecule has 0 aliphatic heterocycles. The maximum atomic E-state index is 12.1. The molecule has 3 rings (SSSR count). The monoisotopic (exact) mass is 399 g/mol. The molecule has 2 N–H and O–H groups in total. The van der Waals surface area contributed by atoms with E-state index < -0.39 is 5.97 Å². The maximum absolute atomic E-state index is 12.1. The second-order valence-corrected chi connectivity index (χ2v) is 6.60.